The molecule has 2 heterocycles. The number of hydrogen-bond donors (Lipinski definition) is 0. The summed E-state index contributed by atoms with van der Waals surface area (Å²) in [6.07, 6.45) is 5.95. The molecule has 0 spiro atoms. The minimum absolute atomic E-state index is 0.0243. The number of nitrogens with zero attached hydrogens (tertiary/aromatic N) is 2. The SMILES string of the molecule is CC1=C2C[C@H]3[C@H](CN4CCN(c5cc(Cl)ccc5C)CC4)C(=O)O[C@@H]3C[C@@]2(C)CCC1. The summed E-state index contributed by atoms with van der Waals surface area (Å²) in [4.78, 5) is 17.8. The van der Waals surface area contributed by atoms with Crippen LogP contribution < -0.4 is 4.90 Å². The van der Waals surface area contributed by atoms with Crippen LogP contribution in [0.4, 0.5) is 5.69 Å². The first-order chi connectivity index (χ1) is 14.8. The van der Waals surface area contributed by atoms with Gasteiger partial charge in [0.2, 0.25) is 0 Å². The molecule has 1 aromatic carbocycles. The lowest BCUT2D eigenvalue weighted by Crippen LogP contribution is -2.49. The largest absolute Gasteiger partial charge is 0.462 e. The van der Waals surface area contributed by atoms with Crippen molar-refractivity contribution in [1.82, 2.24) is 4.90 Å². The van der Waals surface area contributed by atoms with Crippen LogP contribution in [-0.4, -0.2) is 49.7 Å². The Morgan fingerprint density at radius 3 is 2.74 bits per heavy atom. The highest BCUT2D eigenvalue weighted by molar-refractivity contribution is 6.30. The third kappa shape index (κ3) is 3.91. The lowest BCUT2D eigenvalue weighted by molar-refractivity contribution is -0.145. The summed E-state index contributed by atoms with van der Waals surface area (Å²) in [6, 6.07) is 6.12. The zero-order chi connectivity index (χ0) is 21.8. The van der Waals surface area contributed by atoms with Crippen molar-refractivity contribution < 1.29 is 9.53 Å². The molecule has 0 aromatic heterocycles. The van der Waals surface area contributed by atoms with E-state index in [2.05, 4.69) is 42.7 Å². The van der Waals surface area contributed by atoms with E-state index in [9.17, 15) is 4.79 Å². The minimum Gasteiger partial charge on any atom is -0.462 e. The molecule has 1 saturated carbocycles. The van der Waals surface area contributed by atoms with Gasteiger partial charge in [0.05, 0.1) is 5.92 Å². The topological polar surface area (TPSA) is 32.8 Å². The van der Waals surface area contributed by atoms with Crippen LogP contribution in [0.15, 0.2) is 29.3 Å². The van der Waals surface area contributed by atoms with Crippen LogP contribution in [0, 0.1) is 24.2 Å². The molecule has 0 unspecified atom stereocenters. The maximum atomic E-state index is 12.9. The Hall–Kier alpha value is -1.52. The molecular formula is C26H35ClN2O2. The average Bonchev–Trinajstić information content (AvgIpc) is 3.02. The molecule has 0 radical (unpaired) electrons. The van der Waals surface area contributed by atoms with E-state index in [1.165, 1.54) is 30.5 Å². The van der Waals surface area contributed by atoms with E-state index in [0.29, 0.717) is 5.92 Å². The summed E-state index contributed by atoms with van der Waals surface area (Å²) in [5.41, 5.74) is 5.97. The Kier molecular flexibility index (Phi) is 5.58. The summed E-state index contributed by atoms with van der Waals surface area (Å²) in [5, 5.41) is 0.791. The van der Waals surface area contributed by atoms with E-state index in [-0.39, 0.29) is 23.4 Å². The van der Waals surface area contributed by atoms with Crippen LogP contribution in [0.1, 0.15) is 51.5 Å². The minimum atomic E-state index is 0.0243. The molecule has 0 amide bonds. The molecule has 3 fully saturated rings. The third-order valence-corrected chi connectivity index (χ3v) is 8.75. The standard InChI is InChI=1S/C26H35ClN2O2/c1-17-5-4-8-26(3)15-24-20(14-22(17)26)21(25(30)31-24)16-28-9-11-29(12-10-28)23-13-19(27)7-6-18(23)2/h6-7,13,20-21,24H,4-5,8-12,14-16H2,1-3H3/t20-,21-,24+,26+/m0/s1. The summed E-state index contributed by atoms with van der Waals surface area (Å²) in [5.74, 6) is 0.427. The van der Waals surface area contributed by atoms with Crippen molar-refractivity contribution in [3.63, 3.8) is 0 Å². The number of rotatable bonds is 3. The first kappa shape index (κ1) is 21.3. The number of carbonyl (C=O) groups excluding carboxylic acids is 1. The fourth-order valence-electron chi connectivity index (χ4n) is 6.69. The van der Waals surface area contributed by atoms with Gasteiger partial charge >= 0.3 is 5.97 Å². The van der Waals surface area contributed by atoms with Gasteiger partial charge < -0.3 is 9.64 Å². The molecule has 4 aliphatic rings. The molecule has 0 bridgehead atoms. The highest BCUT2D eigenvalue weighted by Gasteiger charge is 2.53. The first-order valence-electron chi connectivity index (χ1n) is 12.0. The van der Waals surface area contributed by atoms with E-state index in [1.807, 2.05) is 6.07 Å². The number of piperazine rings is 1. The summed E-state index contributed by atoms with van der Waals surface area (Å²) in [7, 11) is 0. The first-order valence-corrected chi connectivity index (χ1v) is 12.3. The van der Waals surface area contributed by atoms with E-state index >= 15 is 0 Å². The molecular weight excluding hydrogens is 408 g/mol. The highest BCUT2D eigenvalue weighted by atomic mass is 35.5. The maximum absolute atomic E-state index is 12.9. The van der Waals surface area contributed by atoms with Gasteiger partial charge in [-0.15, -0.1) is 0 Å². The number of anilines is 1. The zero-order valence-electron chi connectivity index (χ0n) is 19.1. The predicted molar refractivity (Wildman–Crippen MR) is 126 cm³/mol. The van der Waals surface area contributed by atoms with Gasteiger partial charge in [-0.25, -0.2) is 0 Å². The number of allylic oxidation sites excluding steroid dienone is 2. The Labute approximate surface area is 191 Å². The Morgan fingerprint density at radius 1 is 1.19 bits per heavy atom. The van der Waals surface area contributed by atoms with Crippen LogP contribution in [0.5, 0.6) is 0 Å². The number of halogens is 1. The molecule has 5 heteroatoms. The molecule has 4 atom stereocenters. The number of esters is 1. The van der Waals surface area contributed by atoms with Crippen LogP contribution in [0.3, 0.4) is 0 Å². The van der Waals surface area contributed by atoms with E-state index in [1.54, 1.807) is 11.1 Å². The van der Waals surface area contributed by atoms with Crippen molar-refractivity contribution in [3.05, 3.63) is 39.9 Å². The van der Waals surface area contributed by atoms with Gasteiger partial charge in [-0.05, 0) is 69.1 Å². The monoisotopic (exact) mass is 442 g/mol. The van der Waals surface area contributed by atoms with Gasteiger partial charge in [-0.2, -0.15) is 0 Å². The second-order valence-corrected chi connectivity index (χ2v) is 11.0. The molecule has 1 aromatic rings. The molecule has 2 saturated heterocycles. The molecule has 31 heavy (non-hydrogen) atoms. The fraction of sp³-hybridized carbons (Fsp3) is 0.654. The quantitative estimate of drug-likeness (QED) is 0.474. The van der Waals surface area contributed by atoms with E-state index in [0.717, 1.165) is 50.6 Å². The van der Waals surface area contributed by atoms with Gasteiger partial charge in [0.15, 0.2) is 0 Å². The smallest absolute Gasteiger partial charge is 0.310 e. The average molecular weight is 443 g/mol. The molecule has 0 N–H and O–H groups in total. The normalized spacial score (nSPS) is 33.9. The van der Waals surface area contributed by atoms with E-state index < -0.39 is 0 Å². The second kappa shape index (κ2) is 8.12. The third-order valence-electron chi connectivity index (χ3n) is 8.52. The summed E-state index contributed by atoms with van der Waals surface area (Å²) < 4.78 is 5.97. The lowest BCUT2D eigenvalue weighted by atomic mass is 9.59. The van der Waals surface area contributed by atoms with Gasteiger partial charge in [-0.1, -0.05) is 35.7 Å². The number of ether oxygens (including phenoxy) is 1. The number of carbonyl (C=O) groups is 1. The highest BCUT2D eigenvalue weighted by Crippen LogP contribution is 2.55. The fourth-order valence-corrected chi connectivity index (χ4v) is 6.86. The van der Waals surface area contributed by atoms with Gasteiger partial charge in [0.1, 0.15) is 6.10 Å². The molecule has 168 valence electrons. The van der Waals surface area contributed by atoms with Crippen molar-refractivity contribution in [2.24, 2.45) is 17.3 Å². The van der Waals surface area contributed by atoms with Crippen molar-refractivity contribution in [2.75, 3.05) is 37.6 Å². The summed E-state index contributed by atoms with van der Waals surface area (Å²) >= 11 is 6.24. The number of hydrogen-bond acceptors (Lipinski definition) is 4. The lowest BCUT2D eigenvalue weighted by Gasteiger charge is -2.46. The van der Waals surface area contributed by atoms with Crippen molar-refractivity contribution in [1.29, 1.82) is 0 Å². The second-order valence-electron chi connectivity index (χ2n) is 10.5. The molecule has 2 aliphatic heterocycles. The molecule has 2 aliphatic carbocycles. The van der Waals surface area contributed by atoms with Crippen molar-refractivity contribution in [2.45, 2.75) is 59.0 Å². The number of aryl methyl sites for hydroxylation is 1. The van der Waals surface area contributed by atoms with Crippen molar-refractivity contribution in [3.8, 4) is 0 Å². The number of fused-ring (bicyclic) bond motifs is 2. The van der Waals surface area contributed by atoms with Gasteiger partial charge in [0, 0.05) is 49.4 Å². The maximum Gasteiger partial charge on any atom is 0.310 e. The van der Waals surface area contributed by atoms with E-state index in [4.69, 9.17) is 16.3 Å². The summed E-state index contributed by atoms with van der Waals surface area (Å²) in [6.45, 7) is 11.6. The Morgan fingerprint density at radius 2 is 1.97 bits per heavy atom. The van der Waals surface area contributed by atoms with Crippen LogP contribution in [0.2, 0.25) is 5.02 Å². The zero-order valence-corrected chi connectivity index (χ0v) is 19.9. The van der Waals surface area contributed by atoms with Crippen LogP contribution in [-0.2, 0) is 9.53 Å². The molecule has 5 rings (SSSR count). The van der Waals surface area contributed by atoms with Crippen LogP contribution in [0.25, 0.3) is 0 Å². The molecule has 4 nitrogen and oxygen atoms in total. The Balaban J connectivity index is 1.25. The van der Waals surface area contributed by atoms with Crippen molar-refractivity contribution >= 4 is 23.3 Å². The van der Waals surface area contributed by atoms with Gasteiger partial charge in [-0.3, -0.25) is 9.69 Å². The van der Waals surface area contributed by atoms with Crippen LogP contribution >= 0.6 is 11.6 Å². The Bertz CT molecular complexity index is 905. The number of benzene rings is 1. The van der Waals surface area contributed by atoms with Gasteiger partial charge in [0.25, 0.3) is 0 Å². The predicted octanol–water partition coefficient (Wildman–Crippen LogP) is 5.23.